The summed E-state index contributed by atoms with van der Waals surface area (Å²) in [6.07, 6.45) is 0. The van der Waals surface area contributed by atoms with E-state index < -0.39 is 5.97 Å². The van der Waals surface area contributed by atoms with E-state index in [1.165, 1.54) is 0 Å². The van der Waals surface area contributed by atoms with Gasteiger partial charge in [0.2, 0.25) is 0 Å². The number of aromatic carboxylic acids is 1. The normalized spacial score (nSPS) is 11.3. The van der Waals surface area contributed by atoms with Gasteiger partial charge in [0.1, 0.15) is 0 Å². The number of aromatic nitrogens is 1. The third-order valence-corrected chi connectivity index (χ3v) is 3.93. The molecule has 1 aromatic rings. The van der Waals surface area contributed by atoms with Gasteiger partial charge in [-0.15, -0.1) is 0 Å². The van der Waals surface area contributed by atoms with Crippen molar-refractivity contribution < 1.29 is 9.90 Å². The van der Waals surface area contributed by atoms with E-state index in [2.05, 4.69) is 28.6 Å². The first kappa shape index (κ1) is 16.2. The number of thiazole rings is 1. The van der Waals surface area contributed by atoms with Crippen molar-refractivity contribution in [3.05, 3.63) is 10.0 Å². The van der Waals surface area contributed by atoms with E-state index in [1.807, 2.05) is 14.1 Å². The zero-order valence-corrected chi connectivity index (χ0v) is 13.3. The van der Waals surface area contributed by atoms with Crippen molar-refractivity contribution in [2.45, 2.75) is 13.8 Å². The molecule has 0 atom stereocenters. The van der Waals surface area contributed by atoms with Crippen molar-refractivity contribution in [2.75, 3.05) is 38.6 Å². The van der Waals surface area contributed by atoms with Crippen LogP contribution >= 0.6 is 22.9 Å². The van der Waals surface area contributed by atoms with Crippen molar-refractivity contribution in [1.29, 1.82) is 0 Å². The van der Waals surface area contributed by atoms with Crippen LogP contribution in [0.4, 0.5) is 5.13 Å². The minimum Gasteiger partial charge on any atom is -0.477 e. The van der Waals surface area contributed by atoms with Gasteiger partial charge in [0.25, 0.3) is 0 Å². The number of carbonyl (C=O) groups is 1. The summed E-state index contributed by atoms with van der Waals surface area (Å²) in [7, 11) is 4.01. The van der Waals surface area contributed by atoms with Crippen LogP contribution < -0.4 is 4.90 Å². The number of nitrogens with zero attached hydrogens (tertiary/aromatic N) is 3. The van der Waals surface area contributed by atoms with Gasteiger partial charge in [-0.25, -0.2) is 9.78 Å². The van der Waals surface area contributed by atoms with Crippen LogP contribution in [0.3, 0.4) is 0 Å². The molecule has 7 heteroatoms. The Morgan fingerprint density at radius 3 is 2.47 bits per heavy atom. The molecule has 5 nitrogen and oxygen atoms in total. The molecule has 1 heterocycles. The molecule has 1 N–H and O–H groups in total. The molecule has 0 bridgehead atoms. The monoisotopic (exact) mass is 305 g/mol. The maximum Gasteiger partial charge on any atom is 0.349 e. The van der Waals surface area contributed by atoms with Gasteiger partial charge in [0.05, 0.1) is 0 Å². The van der Waals surface area contributed by atoms with Crippen molar-refractivity contribution in [3.8, 4) is 0 Å². The Bertz CT molecular complexity index is 435. The Morgan fingerprint density at radius 1 is 1.42 bits per heavy atom. The molecule has 0 saturated heterocycles. The van der Waals surface area contributed by atoms with Gasteiger partial charge in [-0.05, 0) is 20.0 Å². The molecule has 108 valence electrons. The Balaban J connectivity index is 2.90. The lowest BCUT2D eigenvalue weighted by atomic mass is 10.2. The van der Waals surface area contributed by atoms with Crippen LogP contribution in [-0.2, 0) is 0 Å². The number of rotatable bonds is 7. The van der Waals surface area contributed by atoms with E-state index in [4.69, 9.17) is 16.7 Å². The molecule has 0 aliphatic carbocycles. The zero-order valence-electron chi connectivity index (χ0n) is 11.7. The van der Waals surface area contributed by atoms with Gasteiger partial charge < -0.3 is 14.9 Å². The Labute approximate surface area is 122 Å². The standard InChI is InChI=1S/C12H20ClN3O2S/c1-8(2)7-16(6-5-15(3)4)12-14-10(13)9(19-12)11(17)18/h8H,5-7H2,1-4H3,(H,17,18). The number of halogens is 1. The highest BCUT2D eigenvalue weighted by atomic mass is 35.5. The molecule has 0 aliphatic heterocycles. The van der Waals surface area contributed by atoms with Gasteiger partial charge in [-0.2, -0.15) is 0 Å². The fourth-order valence-corrected chi connectivity index (χ4v) is 2.74. The van der Waals surface area contributed by atoms with Gasteiger partial charge in [-0.3, -0.25) is 0 Å². The number of carboxylic acids is 1. The van der Waals surface area contributed by atoms with E-state index in [0.717, 1.165) is 31.0 Å². The zero-order chi connectivity index (χ0) is 14.6. The summed E-state index contributed by atoms with van der Waals surface area (Å²) in [5.41, 5.74) is 0. The van der Waals surface area contributed by atoms with E-state index >= 15 is 0 Å². The third-order valence-electron chi connectivity index (χ3n) is 2.44. The van der Waals surface area contributed by atoms with Crippen LogP contribution in [0.5, 0.6) is 0 Å². The fraction of sp³-hybridized carbons (Fsp3) is 0.667. The van der Waals surface area contributed by atoms with Gasteiger partial charge in [-0.1, -0.05) is 36.8 Å². The van der Waals surface area contributed by atoms with Gasteiger partial charge >= 0.3 is 5.97 Å². The summed E-state index contributed by atoms with van der Waals surface area (Å²) in [6.45, 7) is 6.75. The second-order valence-electron chi connectivity index (χ2n) is 5.06. The molecule has 0 aromatic carbocycles. The summed E-state index contributed by atoms with van der Waals surface area (Å²) in [6, 6.07) is 0. The molecule has 19 heavy (non-hydrogen) atoms. The average molecular weight is 306 g/mol. The maximum absolute atomic E-state index is 11.0. The predicted molar refractivity (Wildman–Crippen MR) is 79.7 cm³/mol. The molecule has 0 aliphatic rings. The second kappa shape index (κ2) is 7.07. The topological polar surface area (TPSA) is 56.7 Å². The van der Waals surface area contributed by atoms with Gasteiger partial charge in [0.15, 0.2) is 15.2 Å². The van der Waals surface area contributed by atoms with Crippen molar-refractivity contribution in [3.63, 3.8) is 0 Å². The lowest BCUT2D eigenvalue weighted by Gasteiger charge is -2.25. The second-order valence-corrected chi connectivity index (χ2v) is 6.40. The minimum absolute atomic E-state index is 0.0751. The number of hydrogen-bond donors (Lipinski definition) is 1. The highest BCUT2D eigenvalue weighted by Crippen LogP contribution is 2.30. The fourth-order valence-electron chi connectivity index (χ4n) is 1.58. The van der Waals surface area contributed by atoms with E-state index in [1.54, 1.807) is 0 Å². The molecule has 0 saturated carbocycles. The van der Waals surface area contributed by atoms with Crippen LogP contribution in [0.1, 0.15) is 23.5 Å². The van der Waals surface area contributed by atoms with E-state index in [-0.39, 0.29) is 10.0 Å². The SMILES string of the molecule is CC(C)CN(CCN(C)C)c1nc(Cl)c(C(=O)O)s1. The molecule has 0 unspecified atom stereocenters. The highest BCUT2D eigenvalue weighted by molar-refractivity contribution is 7.18. The predicted octanol–water partition coefficient (Wildman–Crippen LogP) is 2.52. The maximum atomic E-state index is 11.0. The number of anilines is 1. The molecular formula is C12H20ClN3O2S. The average Bonchev–Trinajstić information content (AvgIpc) is 2.65. The summed E-state index contributed by atoms with van der Waals surface area (Å²) >= 11 is 7.00. The number of carboxylic acid groups (broad SMARTS) is 1. The summed E-state index contributed by atoms with van der Waals surface area (Å²) in [4.78, 5) is 19.5. The van der Waals surface area contributed by atoms with Crippen LogP contribution in [0, 0.1) is 5.92 Å². The van der Waals surface area contributed by atoms with Crippen molar-refractivity contribution in [1.82, 2.24) is 9.88 Å². The van der Waals surface area contributed by atoms with E-state index in [9.17, 15) is 4.79 Å². The van der Waals surface area contributed by atoms with E-state index in [0.29, 0.717) is 11.0 Å². The molecule has 1 aromatic heterocycles. The largest absolute Gasteiger partial charge is 0.477 e. The van der Waals surface area contributed by atoms with Crippen LogP contribution in [0.15, 0.2) is 0 Å². The smallest absolute Gasteiger partial charge is 0.349 e. The summed E-state index contributed by atoms with van der Waals surface area (Å²) in [5, 5.41) is 9.77. The Morgan fingerprint density at radius 2 is 2.05 bits per heavy atom. The lowest BCUT2D eigenvalue weighted by molar-refractivity contribution is 0.0702. The van der Waals surface area contributed by atoms with Gasteiger partial charge in [0, 0.05) is 19.6 Å². The molecular weight excluding hydrogens is 286 g/mol. The Kier molecular flexibility index (Phi) is 6.03. The summed E-state index contributed by atoms with van der Waals surface area (Å²) in [5.74, 6) is -0.552. The van der Waals surface area contributed by atoms with Crippen LogP contribution in [0.2, 0.25) is 5.15 Å². The minimum atomic E-state index is -1.02. The van der Waals surface area contributed by atoms with Crippen molar-refractivity contribution >= 4 is 34.0 Å². The quantitative estimate of drug-likeness (QED) is 0.839. The molecule has 1 rings (SSSR count). The third kappa shape index (κ3) is 4.97. The first-order valence-corrected chi connectivity index (χ1v) is 7.30. The number of likely N-dealkylation sites (N-methyl/N-ethyl adjacent to an activating group) is 1. The summed E-state index contributed by atoms with van der Waals surface area (Å²) < 4.78 is 0. The Hall–Kier alpha value is -0.850. The molecule has 0 fully saturated rings. The molecule has 0 spiro atoms. The first-order valence-electron chi connectivity index (χ1n) is 6.10. The molecule has 0 radical (unpaired) electrons. The van der Waals surface area contributed by atoms with Crippen LogP contribution in [0.25, 0.3) is 0 Å². The number of hydrogen-bond acceptors (Lipinski definition) is 5. The highest BCUT2D eigenvalue weighted by Gasteiger charge is 2.20. The lowest BCUT2D eigenvalue weighted by Crippen LogP contribution is -2.34. The van der Waals surface area contributed by atoms with Crippen LogP contribution in [-0.4, -0.2) is 54.7 Å². The molecule has 0 amide bonds. The van der Waals surface area contributed by atoms with Crippen molar-refractivity contribution in [2.24, 2.45) is 5.92 Å². The first-order chi connectivity index (χ1) is 8.81.